The van der Waals surface area contributed by atoms with Gasteiger partial charge in [0.05, 0.1) is 17.6 Å². The van der Waals surface area contributed by atoms with Crippen molar-refractivity contribution in [2.75, 3.05) is 26.8 Å². The molecule has 7 heteroatoms. The van der Waals surface area contributed by atoms with Gasteiger partial charge in [0.15, 0.2) is 0 Å². The van der Waals surface area contributed by atoms with Crippen LogP contribution in [0, 0.1) is 12.8 Å². The first-order valence-corrected chi connectivity index (χ1v) is 9.36. The number of imidazole rings is 1. The molecule has 0 radical (unpaired) electrons. The number of amides is 1. The van der Waals surface area contributed by atoms with Gasteiger partial charge in [0.25, 0.3) is 0 Å². The first-order chi connectivity index (χ1) is 12.7. The number of carbonyl (C=O) groups excluding carboxylic acids is 1. The fourth-order valence-corrected chi connectivity index (χ4v) is 4.18. The van der Waals surface area contributed by atoms with E-state index in [1.54, 1.807) is 7.11 Å². The highest BCUT2D eigenvalue weighted by Gasteiger charge is 2.35. The first kappa shape index (κ1) is 17.5. The van der Waals surface area contributed by atoms with E-state index in [4.69, 9.17) is 4.74 Å². The molecule has 2 N–H and O–H groups in total. The highest BCUT2D eigenvalue weighted by molar-refractivity contribution is 5.82. The lowest BCUT2D eigenvalue weighted by molar-refractivity contribution is -0.132. The number of carbonyl (C=O) groups is 1. The highest BCUT2D eigenvalue weighted by atomic mass is 16.5. The molecule has 1 aromatic heterocycles. The van der Waals surface area contributed by atoms with E-state index in [9.17, 15) is 4.79 Å². The van der Waals surface area contributed by atoms with Gasteiger partial charge in [-0.15, -0.1) is 0 Å². The largest absolute Gasteiger partial charge is 0.384 e. The molecular weight excluding hydrogens is 330 g/mol. The number of hydrogen-bond acceptors (Lipinski definition) is 5. The van der Waals surface area contributed by atoms with Crippen molar-refractivity contribution in [3.8, 4) is 0 Å². The Morgan fingerprint density at radius 3 is 3.04 bits per heavy atom. The fraction of sp³-hybridized carbons (Fsp3) is 0.579. The molecule has 0 saturated carbocycles. The summed E-state index contributed by atoms with van der Waals surface area (Å²) < 4.78 is 7.45. The van der Waals surface area contributed by atoms with Gasteiger partial charge in [-0.3, -0.25) is 10.2 Å². The van der Waals surface area contributed by atoms with Crippen LogP contribution >= 0.6 is 0 Å². The quantitative estimate of drug-likeness (QED) is 0.838. The Morgan fingerprint density at radius 1 is 1.35 bits per heavy atom. The van der Waals surface area contributed by atoms with Crippen molar-refractivity contribution < 1.29 is 9.53 Å². The van der Waals surface area contributed by atoms with Crippen molar-refractivity contribution >= 4 is 16.9 Å². The number of para-hydroxylation sites is 2. The van der Waals surface area contributed by atoms with Crippen molar-refractivity contribution in [3.63, 3.8) is 0 Å². The molecule has 3 atom stereocenters. The van der Waals surface area contributed by atoms with E-state index in [2.05, 4.69) is 26.5 Å². The number of hydrazine groups is 1. The Balaban J connectivity index is 1.38. The Morgan fingerprint density at radius 2 is 2.19 bits per heavy atom. The van der Waals surface area contributed by atoms with Gasteiger partial charge in [-0.1, -0.05) is 12.1 Å². The third-order valence-corrected chi connectivity index (χ3v) is 5.53. The molecule has 4 rings (SSSR count). The summed E-state index contributed by atoms with van der Waals surface area (Å²) in [7, 11) is 1.72. The molecule has 26 heavy (non-hydrogen) atoms. The van der Waals surface area contributed by atoms with Crippen LogP contribution in [0.25, 0.3) is 11.0 Å². The zero-order valence-corrected chi connectivity index (χ0v) is 15.4. The number of aromatic nitrogens is 2. The number of nitrogens with zero attached hydrogens (tertiary/aromatic N) is 3. The molecule has 2 aliphatic heterocycles. The second-order valence-electron chi connectivity index (χ2n) is 7.43. The van der Waals surface area contributed by atoms with Crippen LogP contribution < -0.4 is 10.9 Å². The molecule has 3 unspecified atom stereocenters. The maximum Gasteiger partial charge on any atom is 0.241 e. The van der Waals surface area contributed by atoms with E-state index in [0.717, 1.165) is 55.9 Å². The first-order valence-electron chi connectivity index (χ1n) is 9.36. The van der Waals surface area contributed by atoms with Crippen LogP contribution in [-0.2, 0) is 16.1 Å². The molecule has 2 saturated heterocycles. The number of benzene rings is 1. The van der Waals surface area contributed by atoms with Gasteiger partial charge in [0, 0.05) is 38.7 Å². The van der Waals surface area contributed by atoms with Crippen LogP contribution in [0.2, 0.25) is 0 Å². The molecule has 2 aliphatic rings. The molecule has 2 aromatic rings. The van der Waals surface area contributed by atoms with E-state index in [-0.39, 0.29) is 18.0 Å². The topological polar surface area (TPSA) is 71.4 Å². The minimum absolute atomic E-state index is 0.156. The van der Waals surface area contributed by atoms with Gasteiger partial charge in [-0.2, -0.15) is 0 Å². The number of rotatable bonds is 5. The maximum absolute atomic E-state index is 12.8. The molecular formula is C19H27N5O2. The van der Waals surface area contributed by atoms with Crippen LogP contribution in [-0.4, -0.2) is 59.2 Å². The number of fused-ring (bicyclic) bond motifs is 1. The van der Waals surface area contributed by atoms with E-state index < -0.39 is 0 Å². The monoisotopic (exact) mass is 357 g/mol. The average Bonchev–Trinajstić information content (AvgIpc) is 3.35. The summed E-state index contributed by atoms with van der Waals surface area (Å²) in [6, 6.07) is 8.23. The Hall–Kier alpha value is -1.96. The van der Waals surface area contributed by atoms with E-state index in [1.807, 2.05) is 30.0 Å². The zero-order valence-electron chi connectivity index (χ0n) is 15.4. The Kier molecular flexibility index (Phi) is 4.93. The minimum Gasteiger partial charge on any atom is -0.384 e. The molecule has 0 bridgehead atoms. The Labute approximate surface area is 153 Å². The summed E-state index contributed by atoms with van der Waals surface area (Å²) in [5.41, 5.74) is 8.67. The smallest absolute Gasteiger partial charge is 0.241 e. The normalized spacial score (nSPS) is 26.1. The van der Waals surface area contributed by atoms with E-state index in [0.29, 0.717) is 5.92 Å². The second kappa shape index (κ2) is 7.34. The van der Waals surface area contributed by atoms with Gasteiger partial charge >= 0.3 is 0 Å². The van der Waals surface area contributed by atoms with E-state index >= 15 is 0 Å². The number of ether oxygens (including phenoxy) is 1. The molecule has 0 aliphatic carbocycles. The average molecular weight is 357 g/mol. The minimum atomic E-state index is -0.156. The van der Waals surface area contributed by atoms with Crippen molar-refractivity contribution in [1.29, 1.82) is 0 Å². The molecule has 2 fully saturated rings. The van der Waals surface area contributed by atoms with Gasteiger partial charge in [-0.25, -0.2) is 10.4 Å². The van der Waals surface area contributed by atoms with E-state index in [1.165, 1.54) is 0 Å². The van der Waals surface area contributed by atoms with Gasteiger partial charge in [0.1, 0.15) is 11.9 Å². The molecule has 3 heterocycles. The third kappa shape index (κ3) is 3.34. The summed E-state index contributed by atoms with van der Waals surface area (Å²) >= 11 is 0. The van der Waals surface area contributed by atoms with Crippen molar-refractivity contribution in [1.82, 2.24) is 25.3 Å². The molecule has 140 valence electrons. The summed E-state index contributed by atoms with van der Waals surface area (Å²) in [5.74, 6) is 1.67. The Bertz CT molecular complexity index is 789. The predicted octanol–water partition coefficient (Wildman–Crippen LogP) is 1.07. The summed E-state index contributed by atoms with van der Waals surface area (Å²) in [4.78, 5) is 19.4. The lowest BCUT2D eigenvalue weighted by Gasteiger charge is -2.20. The van der Waals surface area contributed by atoms with Crippen LogP contribution in [0.3, 0.4) is 0 Å². The van der Waals surface area contributed by atoms with Crippen molar-refractivity contribution in [2.45, 2.75) is 38.4 Å². The number of aryl methyl sites for hydroxylation is 1. The third-order valence-electron chi connectivity index (χ3n) is 5.53. The lowest BCUT2D eigenvalue weighted by atomic mass is 10.1. The molecule has 1 aromatic carbocycles. The molecule has 1 amide bonds. The van der Waals surface area contributed by atoms with Crippen LogP contribution in [0.5, 0.6) is 0 Å². The number of hydrogen-bond donors (Lipinski definition) is 2. The van der Waals surface area contributed by atoms with Gasteiger partial charge < -0.3 is 14.2 Å². The number of likely N-dealkylation sites (tertiary alicyclic amines) is 1. The van der Waals surface area contributed by atoms with Crippen molar-refractivity contribution in [2.24, 2.45) is 5.92 Å². The van der Waals surface area contributed by atoms with Gasteiger partial charge in [0.2, 0.25) is 5.91 Å². The standard InChI is InChI=1S/C19H27N5O2/c1-13-20-16-5-3-4-6-18(16)24(13)11-15-9-17(22-21-15)19(25)23-8-7-14(10-23)12-26-2/h3-6,14-15,17,21-22H,7-12H2,1-2H3. The lowest BCUT2D eigenvalue weighted by Crippen LogP contribution is -2.45. The SMILES string of the molecule is COCC1CCN(C(=O)C2CC(Cn3c(C)nc4ccccc43)NN2)C1. The summed E-state index contributed by atoms with van der Waals surface area (Å²) in [6.45, 7) is 5.21. The molecule has 0 spiro atoms. The summed E-state index contributed by atoms with van der Waals surface area (Å²) in [6.07, 6.45) is 1.82. The zero-order chi connectivity index (χ0) is 18.1. The van der Waals surface area contributed by atoms with Crippen molar-refractivity contribution in [3.05, 3.63) is 30.1 Å². The number of nitrogens with one attached hydrogen (secondary N) is 2. The maximum atomic E-state index is 12.8. The predicted molar refractivity (Wildman–Crippen MR) is 99.5 cm³/mol. The number of methoxy groups -OCH3 is 1. The summed E-state index contributed by atoms with van der Waals surface area (Å²) in [5, 5.41) is 0. The molecule has 7 nitrogen and oxygen atoms in total. The second-order valence-corrected chi connectivity index (χ2v) is 7.43. The highest BCUT2D eigenvalue weighted by Crippen LogP contribution is 2.21. The van der Waals surface area contributed by atoms with Crippen LogP contribution in [0.1, 0.15) is 18.7 Å². The fourth-order valence-electron chi connectivity index (χ4n) is 4.18. The van der Waals surface area contributed by atoms with Crippen LogP contribution in [0.4, 0.5) is 0 Å². The van der Waals surface area contributed by atoms with Gasteiger partial charge in [-0.05, 0) is 31.9 Å². The van der Waals surface area contributed by atoms with Crippen LogP contribution in [0.15, 0.2) is 24.3 Å².